The Kier molecular flexibility index (Phi) is 6.18. The molecule has 0 bridgehead atoms. The van der Waals surface area contributed by atoms with Crippen LogP contribution >= 0.6 is 0 Å². The number of nitrogens with zero attached hydrogens (tertiary/aromatic N) is 1. The average Bonchev–Trinajstić information content (AvgIpc) is 2.52. The van der Waals surface area contributed by atoms with Crippen LogP contribution in [0.2, 0.25) is 0 Å². The number of hydrogen-bond acceptors (Lipinski definition) is 3. The molecule has 0 unspecified atom stereocenters. The van der Waals surface area contributed by atoms with E-state index < -0.39 is 0 Å². The summed E-state index contributed by atoms with van der Waals surface area (Å²) in [4.78, 5) is 16.6. The van der Waals surface area contributed by atoms with E-state index in [2.05, 4.69) is 17.2 Å². The summed E-state index contributed by atoms with van der Waals surface area (Å²) in [5.74, 6) is 0.182. The van der Waals surface area contributed by atoms with E-state index in [0.29, 0.717) is 0 Å². The zero-order chi connectivity index (χ0) is 15.1. The molecular weight excluding hydrogens is 264 g/mol. The molecule has 0 aromatic carbocycles. The second-order valence-electron chi connectivity index (χ2n) is 6.00. The number of aliphatic hydroxyl groups excluding tert-OH is 1. The van der Waals surface area contributed by atoms with Crippen LogP contribution in [0.3, 0.4) is 0 Å². The molecule has 21 heavy (non-hydrogen) atoms. The molecular formula is C17H26N2O2. The molecule has 0 aliphatic heterocycles. The van der Waals surface area contributed by atoms with Gasteiger partial charge in [0, 0.05) is 18.3 Å². The van der Waals surface area contributed by atoms with Gasteiger partial charge in [0.1, 0.15) is 0 Å². The number of pyridine rings is 1. The van der Waals surface area contributed by atoms with E-state index in [1.54, 1.807) is 6.20 Å². The second kappa shape index (κ2) is 8.13. The number of aliphatic hydroxyl groups is 1. The predicted molar refractivity (Wildman–Crippen MR) is 82.6 cm³/mol. The minimum atomic E-state index is -0.219. The lowest BCUT2D eigenvalue weighted by Gasteiger charge is -2.27. The first-order chi connectivity index (χ1) is 10.2. The lowest BCUT2D eigenvalue weighted by Crippen LogP contribution is -2.36. The van der Waals surface area contributed by atoms with Crippen molar-refractivity contribution in [3.8, 4) is 0 Å². The van der Waals surface area contributed by atoms with Crippen LogP contribution in [0.4, 0.5) is 0 Å². The SMILES string of the molecule is CCCC[C@@H](NC(=O)C1CCC(O)CC1)c1cccnc1. The molecule has 1 aromatic rings. The summed E-state index contributed by atoms with van der Waals surface area (Å²) in [6.45, 7) is 2.16. The molecule has 0 radical (unpaired) electrons. The number of aromatic nitrogens is 1. The third kappa shape index (κ3) is 4.81. The van der Waals surface area contributed by atoms with E-state index in [0.717, 1.165) is 50.5 Å². The molecule has 0 saturated heterocycles. The topological polar surface area (TPSA) is 62.2 Å². The van der Waals surface area contributed by atoms with Crippen molar-refractivity contribution in [3.63, 3.8) is 0 Å². The van der Waals surface area contributed by atoms with Crippen LogP contribution in [-0.2, 0) is 4.79 Å². The molecule has 2 rings (SSSR count). The standard InChI is InChI=1S/C17H26N2O2/c1-2-3-6-16(14-5-4-11-18-12-14)19-17(21)13-7-9-15(20)10-8-13/h4-5,11-13,15-16,20H,2-3,6-10H2,1H3,(H,19,21)/t13?,15?,16-/m1/s1. The second-order valence-corrected chi connectivity index (χ2v) is 6.00. The molecule has 4 nitrogen and oxygen atoms in total. The summed E-state index contributed by atoms with van der Waals surface area (Å²) < 4.78 is 0. The summed E-state index contributed by atoms with van der Waals surface area (Å²) in [5.41, 5.74) is 1.08. The van der Waals surface area contributed by atoms with Crippen LogP contribution in [0.5, 0.6) is 0 Å². The number of rotatable bonds is 6. The molecule has 1 aliphatic carbocycles. The van der Waals surface area contributed by atoms with Gasteiger partial charge in [-0.3, -0.25) is 9.78 Å². The highest BCUT2D eigenvalue weighted by Crippen LogP contribution is 2.26. The van der Waals surface area contributed by atoms with Crippen molar-refractivity contribution in [1.82, 2.24) is 10.3 Å². The fourth-order valence-electron chi connectivity index (χ4n) is 2.94. The Bertz CT molecular complexity index is 428. The monoisotopic (exact) mass is 290 g/mol. The maximum Gasteiger partial charge on any atom is 0.223 e. The van der Waals surface area contributed by atoms with Crippen molar-refractivity contribution in [3.05, 3.63) is 30.1 Å². The average molecular weight is 290 g/mol. The zero-order valence-electron chi connectivity index (χ0n) is 12.8. The zero-order valence-corrected chi connectivity index (χ0v) is 12.8. The van der Waals surface area contributed by atoms with Gasteiger partial charge in [-0.15, -0.1) is 0 Å². The normalized spacial score (nSPS) is 23.5. The molecule has 1 fully saturated rings. The molecule has 116 valence electrons. The Hall–Kier alpha value is -1.42. The van der Waals surface area contributed by atoms with E-state index in [1.807, 2.05) is 18.3 Å². The van der Waals surface area contributed by atoms with Gasteiger partial charge in [0.2, 0.25) is 5.91 Å². The van der Waals surface area contributed by atoms with Crippen LogP contribution in [0.25, 0.3) is 0 Å². The van der Waals surface area contributed by atoms with Crippen molar-refractivity contribution < 1.29 is 9.90 Å². The minimum Gasteiger partial charge on any atom is -0.393 e. The summed E-state index contributed by atoms with van der Waals surface area (Å²) in [5, 5.41) is 12.7. The minimum absolute atomic E-state index is 0.0502. The fourth-order valence-corrected chi connectivity index (χ4v) is 2.94. The molecule has 1 atom stereocenters. The summed E-state index contributed by atoms with van der Waals surface area (Å²) in [6, 6.07) is 3.99. The van der Waals surface area contributed by atoms with Crippen LogP contribution < -0.4 is 5.32 Å². The Balaban J connectivity index is 1.96. The van der Waals surface area contributed by atoms with E-state index in [9.17, 15) is 9.90 Å². The first kappa shape index (κ1) is 16.0. The smallest absolute Gasteiger partial charge is 0.223 e. The number of unbranched alkanes of at least 4 members (excludes halogenated alkanes) is 1. The number of nitrogens with one attached hydrogen (secondary N) is 1. The molecule has 2 N–H and O–H groups in total. The van der Waals surface area contributed by atoms with Gasteiger partial charge in [-0.05, 0) is 43.7 Å². The molecule has 1 saturated carbocycles. The Morgan fingerprint density at radius 2 is 2.19 bits per heavy atom. The van der Waals surface area contributed by atoms with E-state index in [4.69, 9.17) is 0 Å². The third-order valence-electron chi connectivity index (χ3n) is 4.32. The first-order valence-electron chi connectivity index (χ1n) is 8.09. The largest absolute Gasteiger partial charge is 0.393 e. The van der Waals surface area contributed by atoms with Gasteiger partial charge in [0.15, 0.2) is 0 Å². The summed E-state index contributed by atoms with van der Waals surface area (Å²) in [6.07, 6.45) is 9.59. The van der Waals surface area contributed by atoms with Crippen molar-refractivity contribution in [2.45, 2.75) is 64.0 Å². The van der Waals surface area contributed by atoms with Crippen LogP contribution in [0.1, 0.15) is 63.5 Å². The van der Waals surface area contributed by atoms with Gasteiger partial charge in [0.05, 0.1) is 12.1 Å². The van der Waals surface area contributed by atoms with E-state index in [-0.39, 0.29) is 24.0 Å². The maximum absolute atomic E-state index is 12.4. The lowest BCUT2D eigenvalue weighted by molar-refractivity contribution is -0.127. The van der Waals surface area contributed by atoms with Crippen molar-refractivity contribution >= 4 is 5.91 Å². The number of amides is 1. The molecule has 0 spiro atoms. The molecule has 4 heteroatoms. The third-order valence-corrected chi connectivity index (χ3v) is 4.32. The van der Waals surface area contributed by atoms with Gasteiger partial charge in [-0.25, -0.2) is 0 Å². The Labute approximate surface area is 127 Å². The van der Waals surface area contributed by atoms with Crippen LogP contribution in [0, 0.1) is 5.92 Å². The van der Waals surface area contributed by atoms with Gasteiger partial charge >= 0.3 is 0 Å². The van der Waals surface area contributed by atoms with Crippen LogP contribution in [-0.4, -0.2) is 22.1 Å². The molecule has 1 aromatic heterocycles. The molecule has 1 amide bonds. The molecule has 1 heterocycles. The van der Waals surface area contributed by atoms with Gasteiger partial charge in [-0.2, -0.15) is 0 Å². The van der Waals surface area contributed by atoms with Gasteiger partial charge < -0.3 is 10.4 Å². The van der Waals surface area contributed by atoms with E-state index in [1.165, 1.54) is 0 Å². The highest BCUT2D eigenvalue weighted by atomic mass is 16.3. The lowest BCUT2D eigenvalue weighted by atomic mass is 9.86. The predicted octanol–water partition coefficient (Wildman–Crippen LogP) is 2.98. The van der Waals surface area contributed by atoms with E-state index >= 15 is 0 Å². The Morgan fingerprint density at radius 1 is 1.43 bits per heavy atom. The fraction of sp³-hybridized carbons (Fsp3) is 0.647. The quantitative estimate of drug-likeness (QED) is 0.846. The van der Waals surface area contributed by atoms with Crippen LogP contribution in [0.15, 0.2) is 24.5 Å². The number of hydrogen-bond donors (Lipinski definition) is 2. The van der Waals surface area contributed by atoms with Gasteiger partial charge in [-0.1, -0.05) is 25.8 Å². The highest BCUT2D eigenvalue weighted by Gasteiger charge is 2.26. The maximum atomic E-state index is 12.4. The molecule has 1 aliphatic rings. The Morgan fingerprint density at radius 3 is 2.81 bits per heavy atom. The van der Waals surface area contributed by atoms with Crippen molar-refractivity contribution in [2.24, 2.45) is 5.92 Å². The van der Waals surface area contributed by atoms with Gasteiger partial charge in [0.25, 0.3) is 0 Å². The highest BCUT2D eigenvalue weighted by molar-refractivity contribution is 5.79. The summed E-state index contributed by atoms with van der Waals surface area (Å²) >= 11 is 0. The summed E-state index contributed by atoms with van der Waals surface area (Å²) in [7, 11) is 0. The number of carbonyl (C=O) groups is 1. The first-order valence-corrected chi connectivity index (χ1v) is 8.09. The van der Waals surface area contributed by atoms with Crippen molar-refractivity contribution in [2.75, 3.05) is 0 Å². The van der Waals surface area contributed by atoms with Crippen molar-refractivity contribution in [1.29, 1.82) is 0 Å². The number of carbonyl (C=O) groups excluding carboxylic acids is 1.